The zero-order valence-electron chi connectivity index (χ0n) is 12.7. The second-order valence-electron chi connectivity index (χ2n) is 5.67. The molecule has 2 aromatic rings. The summed E-state index contributed by atoms with van der Waals surface area (Å²) in [5, 5.41) is 19.3. The van der Waals surface area contributed by atoms with E-state index in [1.807, 2.05) is 36.4 Å². The van der Waals surface area contributed by atoms with Crippen LogP contribution in [0.4, 0.5) is 10.6 Å². The van der Waals surface area contributed by atoms with Gasteiger partial charge >= 0.3 is 6.09 Å². The van der Waals surface area contributed by atoms with Crippen LogP contribution in [-0.4, -0.2) is 26.7 Å². The highest BCUT2D eigenvalue weighted by Gasteiger charge is 2.20. The third-order valence-corrected chi connectivity index (χ3v) is 2.64. The van der Waals surface area contributed by atoms with Crippen LogP contribution >= 0.6 is 0 Å². The minimum absolute atomic E-state index is 0.0433. The lowest BCUT2D eigenvalue weighted by atomic mass is 10.2. The van der Waals surface area contributed by atoms with E-state index in [1.54, 1.807) is 20.8 Å². The SMILES string of the molecule is CC(C)(C)OC(=O)Nc1c(C#N)nnn1Cc1ccccc1. The Balaban J connectivity index is 2.21. The van der Waals surface area contributed by atoms with E-state index in [1.165, 1.54) is 4.68 Å². The Labute approximate surface area is 128 Å². The lowest BCUT2D eigenvalue weighted by Gasteiger charge is -2.19. The number of hydrogen-bond donors (Lipinski definition) is 1. The third kappa shape index (κ3) is 4.06. The number of amides is 1. The number of ether oxygens (including phenoxy) is 1. The van der Waals surface area contributed by atoms with Crippen molar-refractivity contribution in [1.29, 1.82) is 5.26 Å². The van der Waals surface area contributed by atoms with E-state index in [4.69, 9.17) is 10.00 Å². The number of carbonyl (C=O) groups is 1. The molecular formula is C15H17N5O2. The first-order valence-corrected chi connectivity index (χ1v) is 6.76. The predicted molar refractivity (Wildman–Crippen MR) is 80.1 cm³/mol. The summed E-state index contributed by atoms with van der Waals surface area (Å²) < 4.78 is 6.64. The maximum absolute atomic E-state index is 11.9. The summed E-state index contributed by atoms with van der Waals surface area (Å²) in [6.45, 7) is 5.67. The van der Waals surface area contributed by atoms with Gasteiger partial charge in [-0.15, -0.1) is 5.10 Å². The van der Waals surface area contributed by atoms with Crippen molar-refractivity contribution in [2.24, 2.45) is 0 Å². The number of anilines is 1. The number of benzene rings is 1. The molecule has 22 heavy (non-hydrogen) atoms. The zero-order chi connectivity index (χ0) is 16.2. The minimum atomic E-state index is -0.652. The van der Waals surface area contributed by atoms with Crippen molar-refractivity contribution in [1.82, 2.24) is 15.0 Å². The highest BCUT2D eigenvalue weighted by molar-refractivity contribution is 5.85. The number of aromatic nitrogens is 3. The normalized spacial score (nSPS) is 10.8. The quantitative estimate of drug-likeness (QED) is 0.940. The van der Waals surface area contributed by atoms with E-state index in [2.05, 4.69) is 15.6 Å². The average Bonchev–Trinajstić information content (AvgIpc) is 2.80. The fraction of sp³-hybridized carbons (Fsp3) is 0.333. The van der Waals surface area contributed by atoms with E-state index >= 15 is 0 Å². The first-order valence-electron chi connectivity index (χ1n) is 6.76. The van der Waals surface area contributed by atoms with Crippen molar-refractivity contribution in [2.75, 3.05) is 5.32 Å². The second kappa shape index (κ2) is 6.26. The fourth-order valence-corrected chi connectivity index (χ4v) is 1.78. The summed E-state index contributed by atoms with van der Waals surface area (Å²) in [5.74, 6) is 0.223. The van der Waals surface area contributed by atoms with Crippen LogP contribution in [-0.2, 0) is 11.3 Å². The van der Waals surface area contributed by atoms with Gasteiger partial charge in [0.05, 0.1) is 6.54 Å². The van der Waals surface area contributed by atoms with Crippen LogP contribution in [0, 0.1) is 11.3 Å². The van der Waals surface area contributed by atoms with Gasteiger partial charge in [0, 0.05) is 0 Å². The summed E-state index contributed by atoms with van der Waals surface area (Å²) >= 11 is 0. The number of nitrogens with one attached hydrogen (secondary N) is 1. The lowest BCUT2D eigenvalue weighted by molar-refractivity contribution is 0.0634. The summed E-state index contributed by atoms with van der Waals surface area (Å²) in [7, 11) is 0. The summed E-state index contributed by atoms with van der Waals surface area (Å²) in [5.41, 5.74) is 0.389. The van der Waals surface area contributed by atoms with Gasteiger partial charge in [-0.05, 0) is 26.3 Å². The molecule has 0 aliphatic rings. The smallest absolute Gasteiger partial charge is 0.413 e. The molecule has 0 aliphatic carbocycles. The van der Waals surface area contributed by atoms with Gasteiger partial charge in [-0.2, -0.15) is 5.26 Å². The van der Waals surface area contributed by atoms with Crippen LogP contribution in [0.1, 0.15) is 32.0 Å². The molecule has 0 aliphatic heterocycles. The van der Waals surface area contributed by atoms with Crippen LogP contribution in [0.25, 0.3) is 0 Å². The number of rotatable bonds is 3. The standard InChI is InChI=1S/C15H17N5O2/c1-15(2,3)22-14(21)17-13-12(9-16)18-19-20(13)10-11-7-5-4-6-8-11/h4-8H,10H2,1-3H3,(H,17,21). The number of carbonyl (C=O) groups excluding carboxylic acids is 1. The minimum Gasteiger partial charge on any atom is -0.444 e. The van der Waals surface area contributed by atoms with Gasteiger partial charge in [0.1, 0.15) is 11.7 Å². The molecule has 0 spiro atoms. The van der Waals surface area contributed by atoms with Crippen LogP contribution in [0.2, 0.25) is 0 Å². The molecule has 0 atom stereocenters. The van der Waals surface area contributed by atoms with Gasteiger partial charge in [0.25, 0.3) is 0 Å². The Kier molecular flexibility index (Phi) is 4.41. The van der Waals surface area contributed by atoms with Crippen molar-refractivity contribution < 1.29 is 9.53 Å². The van der Waals surface area contributed by atoms with Crippen molar-refractivity contribution in [3.8, 4) is 6.07 Å². The average molecular weight is 299 g/mol. The van der Waals surface area contributed by atoms with Gasteiger partial charge in [0.2, 0.25) is 5.69 Å². The van der Waals surface area contributed by atoms with Crippen molar-refractivity contribution in [3.63, 3.8) is 0 Å². The van der Waals surface area contributed by atoms with Gasteiger partial charge in [-0.1, -0.05) is 35.5 Å². The molecule has 0 unspecified atom stereocenters. The van der Waals surface area contributed by atoms with Gasteiger partial charge in [-0.25, -0.2) is 9.48 Å². The van der Waals surface area contributed by atoms with E-state index in [-0.39, 0.29) is 11.5 Å². The molecule has 0 fully saturated rings. The molecule has 7 heteroatoms. The van der Waals surface area contributed by atoms with Crippen LogP contribution < -0.4 is 5.32 Å². The van der Waals surface area contributed by atoms with Crippen molar-refractivity contribution in [3.05, 3.63) is 41.6 Å². The lowest BCUT2D eigenvalue weighted by Crippen LogP contribution is -2.28. The molecule has 1 aromatic heterocycles. The van der Waals surface area contributed by atoms with Gasteiger partial charge in [-0.3, -0.25) is 5.32 Å². The van der Waals surface area contributed by atoms with Crippen molar-refractivity contribution in [2.45, 2.75) is 32.9 Å². The molecule has 7 nitrogen and oxygen atoms in total. The Bertz CT molecular complexity index is 695. The number of nitrogens with zero attached hydrogens (tertiary/aromatic N) is 4. The third-order valence-electron chi connectivity index (χ3n) is 2.64. The molecule has 0 saturated carbocycles. The molecule has 1 N–H and O–H groups in total. The largest absolute Gasteiger partial charge is 0.444 e. The number of nitriles is 1. The maximum atomic E-state index is 11.9. The molecule has 1 heterocycles. The van der Waals surface area contributed by atoms with Gasteiger partial charge < -0.3 is 4.74 Å². The summed E-state index contributed by atoms with van der Waals surface area (Å²) in [6, 6.07) is 11.5. The molecule has 0 radical (unpaired) electrons. The van der Waals surface area contributed by atoms with E-state index in [0.29, 0.717) is 6.54 Å². The molecular weight excluding hydrogens is 282 g/mol. The Morgan fingerprint density at radius 1 is 1.36 bits per heavy atom. The first-order chi connectivity index (χ1) is 10.4. The highest BCUT2D eigenvalue weighted by atomic mass is 16.6. The summed E-state index contributed by atoms with van der Waals surface area (Å²) in [4.78, 5) is 11.9. The number of hydrogen-bond acceptors (Lipinski definition) is 5. The predicted octanol–water partition coefficient (Wildman–Crippen LogP) is 2.55. The highest BCUT2D eigenvalue weighted by Crippen LogP contribution is 2.16. The van der Waals surface area contributed by atoms with Gasteiger partial charge in [0.15, 0.2) is 5.82 Å². The monoisotopic (exact) mass is 299 g/mol. The second-order valence-corrected chi connectivity index (χ2v) is 5.67. The summed E-state index contributed by atoms with van der Waals surface area (Å²) in [6.07, 6.45) is -0.652. The molecule has 0 saturated heterocycles. The van der Waals surface area contributed by atoms with E-state index < -0.39 is 11.7 Å². The topological polar surface area (TPSA) is 92.8 Å². The Morgan fingerprint density at radius 2 is 2.05 bits per heavy atom. The van der Waals surface area contributed by atoms with E-state index in [9.17, 15) is 4.79 Å². The zero-order valence-corrected chi connectivity index (χ0v) is 12.7. The molecule has 114 valence electrons. The molecule has 1 amide bonds. The molecule has 1 aromatic carbocycles. The maximum Gasteiger partial charge on any atom is 0.413 e. The molecule has 0 bridgehead atoms. The molecule has 2 rings (SSSR count). The Morgan fingerprint density at radius 3 is 2.64 bits per heavy atom. The Hall–Kier alpha value is -2.88. The van der Waals surface area contributed by atoms with Crippen LogP contribution in [0.3, 0.4) is 0 Å². The van der Waals surface area contributed by atoms with Crippen LogP contribution in [0.15, 0.2) is 30.3 Å². The first kappa shape index (κ1) is 15.5. The fourth-order valence-electron chi connectivity index (χ4n) is 1.78. The van der Waals surface area contributed by atoms with E-state index in [0.717, 1.165) is 5.56 Å². The van der Waals surface area contributed by atoms with Crippen molar-refractivity contribution >= 4 is 11.9 Å². The van der Waals surface area contributed by atoms with Crippen LogP contribution in [0.5, 0.6) is 0 Å².